The van der Waals surface area contributed by atoms with Gasteiger partial charge in [-0.25, -0.2) is 0 Å². The largest absolute Gasteiger partial charge is 0.310 e. The Balaban J connectivity index is 0.679. The van der Waals surface area contributed by atoms with Crippen molar-refractivity contribution in [1.29, 1.82) is 0 Å². The molecule has 4 heteroatoms. The fourth-order valence-corrected chi connectivity index (χ4v) is 13.1. The van der Waals surface area contributed by atoms with Gasteiger partial charge in [-0.3, -0.25) is 0 Å². The van der Waals surface area contributed by atoms with Gasteiger partial charge in [-0.15, -0.1) is 0 Å². The van der Waals surface area contributed by atoms with Gasteiger partial charge >= 0.3 is 0 Å². The highest BCUT2D eigenvalue weighted by Gasteiger charge is 2.20. The standard InChI is InChI=1S/C84H58N4/c1-4-20-59(21-5-1)61-44-50-70(51-45-61)85(68-25-6-2-7-26-68)73-29-16-22-65(56-73)63-48-54-72(55-49-63)87-82-38-15-12-34-79(82)84-76(35-19-39-83(84)87)64-42-40-60(41-43-64)62-46-52-71(53-47-62)86(69-27-8-3-9-28-69)74-30-17-23-66(57-74)67-24-18-31-75(58-67)88-80-36-13-10-32-77(80)78-33-11-14-37-81(78)88/h1-58H. The normalized spacial score (nSPS) is 11.4. The first-order chi connectivity index (χ1) is 43.6. The van der Waals surface area contributed by atoms with E-state index in [1.807, 2.05) is 0 Å². The molecule has 0 amide bonds. The summed E-state index contributed by atoms with van der Waals surface area (Å²) >= 11 is 0. The molecule has 0 bridgehead atoms. The minimum absolute atomic E-state index is 1.08. The minimum Gasteiger partial charge on any atom is -0.310 e. The molecule has 88 heavy (non-hydrogen) atoms. The van der Waals surface area contributed by atoms with Crippen molar-refractivity contribution in [1.82, 2.24) is 9.13 Å². The number of nitrogens with zero attached hydrogens (tertiary/aromatic N) is 4. The Morgan fingerprint density at radius 3 is 1.06 bits per heavy atom. The van der Waals surface area contributed by atoms with Crippen LogP contribution in [-0.4, -0.2) is 9.13 Å². The SMILES string of the molecule is c1ccc(-c2ccc(N(c3ccccc3)c3cccc(-c4ccc(-n5c6ccccc6c6c(-c7ccc(-c8ccc(N(c9ccccc9)c9cccc(-c%10cccc(-n%11c%12ccccc%12c%12ccccc%12%11)c%10)c9)cc8)cc7)cccc65)cc4)c3)cc2)cc1. The van der Waals surface area contributed by atoms with Crippen LogP contribution >= 0.6 is 0 Å². The Labute approximate surface area is 512 Å². The van der Waals surface area contributed by atoms with Gasteiger partial charge in [0.2, 0.25) is 0 Å². The van der Waals surface area contributed by atoms with Crippen molar-refractivity contribution in [3.05, 3.63) is 352 Å². The molecule has 2 heterocycles. The molecule has 14 aromatic carbocycles. The Morgan fingerprint density at radius 1 is 0.182 bits per heavy atom. The van der Waals surface area contributed by atoms with Gasteiger partial charge in [-0.2, -0.15) is 0 Å². The first kappa shape index (κ1) is 51.9. The van der Waals surface area contributed by atoms with Crippen LogP contribution in [0.4, 0.5) is 34.1 Å². The van der Waals surface area contributed by atoms with Crippen LogP contribution in [0.25, 0.3) is 111 Å². The highest BCUT2D eigenvalue weighted by atomic mass is 15.1. The predicted octanol–water partition coefficient (Wildman–Crippen LogP) is 23.2. The molecule has 0 fully saturated rings. The van der Waals surface area contributed by atoms with Gasteiger partial charge in [0.15, 0.2) is 0 Å². The van der Waals surface area contributed by atoms with Crippen molar-refractivity contribution in [2.24, 2.45) is 0 Å². The predicted molar refractivity (Wildman–Crippen MR) is 372 cm³/mol. The highest BCUT2D eigenvalue weighted by molar-refractivity contribution is 6.16. The lowest BCUT2D eigenvalue weighted by atomic mass is 9.97. The molecule has 0 radical (unpaired) electrons. The smallest absolute Gasteiger partial charge is 0.0547 e. The molecule has 0 unspecified atom stereocenters. The van der Waals surface area contributed by atoms with Gasteiger partial charge in [0.05, 0.1) is 22.1 Å². The highest BCUT2D eigenvalue weighted by Crippen LogP contribution is 2.43. The van der Waals surface area contributed by atoms with Crippen molar-refractivity contribution < 1.29 is 0 Å². The number of hydrogen-bond acceptors (Lipinski definition) is 2. The summed E-state index contributed by atoms with van der Waals surface area (Å²) in [5.41, 5.74) is 25.3. The van der Waals surface area contributed by atoms with E-state index in [0.717, 1.165) is 78.9 Å². The Bertz CT molecular complexity index is 5110. The molecule has 16 aromatic rings. The Kier molecular flexibility index (Phi) is 13.2. The third-order valence-corrected chi connectivity index (χ3v) is 17.3. The molecule has 0 aliphatic rings. The zero-order chi connectivity index (χ0) is 58.3. The number of fused-ring (bicyclic) bond motifs is 6. The molecule has 0 atom stereocenters. The van der Waals surface area contributed by atoms with Gasteiger partial charge < -0.3 is 18.9 Å². The van der Waals surface area contributed by atoms with Crippen LogP contribution in [0.3, 0.4) is 0 Å². The second-order valence-electron chi connectivity index (χ2n) is 22.5. The number of aromatic nitrogens is 2. The maximum atomic E-state index is 2.42. The molecule has 16 rings (SSSR count). The molecular formula is C84H58N4. The van der Waals surface area contributed by atoms with Crippen LogP contribution in [0.2, 0.25) is 0 Å². The summed E-state index contributed by atoms with van der Waals surface area (Å²) in [4.78, 5) is 4.69. The lowest BCUT2D eigenvalue weighted by Gasteiger charge is -2.26. The second kappa shape index (κ2) is 22.4. The van der Waals surface area contributed by atoms with E-state index in [9.17, 15) is 0 Å². The summed E-state index contributed by atoms with van der Waals surface area (Å²) in [7, 11) is 0. The van der Waals surface area contributed by atoms with E-state index in [1.54, 1.807) is 0 Å². The number of anilines is 6. The monoisotopic (exact) mass is 1120 g/mol. The first-order valence-corrected chi connectivity index (χ1v) is 30.1. The van der Waals surface area contributed by atoms with Crippen LogP contribution in [-0.2, 0) is 0 Å². The van der Waals surface area contributed by atoms with Gasteiger partial charge in [0, 0.05) is 67.0 Å². The third kappa shape index (κ3) is 9.47. The number of para-hydroxylation sites is 5. The van der Waals surface area contributed by atoms with E-state index in [4.69, 9.17) is 0 Å². The van der Waals surface area contributed by atoms with Crippen LogP contribution < -0.4 is 9.80 Å². The lowest BCUT2D eigenvalue weighted by molar-refractivity contribution is 1.18. The zero-order valence-electron chi connectivity index (χ0n) is 48.3. The molecular weight excluding hydrogens is 1060 g/mol. The van der Waals surface area contributed by atoms with E-state index in [0.29, 0.717) is 0 Å². The quantitative estimate of drug-likeness (QED) is 0.114. The average Bonchev–Trinajstić information content (AvgIpc) is 2.37. The van der Waals surface area contributed by atoms with E-state index in [-0.39, 0.29) is 0 Å². The molecule has 0 N–H and O–H groups in total. The minimum atomic E-state index is 1.08. The zero-order valence-corrected chi connectivity index (χ0v) is 48.3. The van der Waals surface area contributed by atoms with E-state index in [2.05, 4.69) is 371 Å². The summed E-state index contributed by atoms with van der Waals surface area (Å²) in [5.74, 6) is 0. The fourth-order valence-electron chi connectivity index (χ4n) is 13.1. The maximum absolute atomic E-state index is 2.42. The molecule has 0 aliphatic carbocycles. The molecule has 2 aromatic heterocycles. The maximum Gasteiger partial charge on any atom is 0.0547 e. The van der Waals surface area contributed by atoms with Crippen LogP contribution in [0.5, 0.6) is 0 Å². The van der Waals surface area contributed by atoms with E-state index >= 15 is 0 Å². The number of hydrogen-bond donors (Lipinski definition) is 0. The summed E-state index contributed by atoms with van der Waals surface area (Å²) in [6, 6.07) is 128. The number of benzene rings is 14. The Morgan fingerprint density at radius 2 is 0.511 bits per heavy atom. The molecule has 414 valence electrons. The van der Waals surface area contributed by atoms with Gasteiger partial charge in [-0.05, 0) is 177 Å². The van der Waals surface area contributed by atoms with Crippen molar-refractivity contribution >= 4 is 77.7 Å². The molecule has 4 nitrogen and oxygen atoms in total. The van der Waals surface area contributed by atoms with Crippen molar-refractivity contribution in [2.75, 3.05) is 9.80 Å². The summed E-state index contributed by atoms with van der Waals surface area (Å²) in [6.45, 7) is 0. The number of rotatable bonds is 13. The topological polar surface area (TPSA) is 16.3 Å². The lowest BCUT2D eigenvalue weighted by Crippen LogP contribution is -2.09. The van der Waals surface area contributed by atoms with Crippen LogP contribution in [0.1, 0.15) is 0 Å². The van der Waals surface area contributed by atoms with Crippen molar-refractivity contribution in [3.8, 4) is 67.0 Å². The van der Waals surface area contributed by atoms with E-state index < -0.39 is 0 Å². The van der Waals surface area contributed by atoms with Gasteiger partial charge in [0.25, 0.3) is 0 Å². The molecule has 0 saturated carbocycles. The summed E-state index contributed by atoms with van der Waals surface area (Å²) in [5, 5.41) is 4.98. The molecule has 0 aliphatic heterocycles. The van der Waals surface area contributed by atoms with Crippen molar-refractivity contribution in [3.63, 3.8) is 0 Å². The van der Waals surface area contributed by atoms with Crippen LogP contribution in [0, 0.1) is 0 Å². The van der Waals surface area contributed by atoms with Gasteiger partial charge in [0.1, 0.15) is 0 Å². The fraction of sp³-hybridized carbons (Fsp3) is 0. The van der Waals surface area contributed by atoms with E-state index in [1.165, 1.54) is 65.9 Å². The molecule has 0 spiro atoms. The van der Waals surface area contributed by atoms with Crippen molar-refractivity contribution in [2.45, 2.75) is 0 Å². The summed E-state index contributed by atoms with van der Waals surface area (Å²) < 4.78 is 4.81. The second-order valence-corrected chi connectivity index (χ2v) is 22.5. The van der Waals surface area contributed by atoms with Gasteiger partial charge in [-0.1, -0.05) is 231 Å². The third-order valence-electron chi connectivity index (χ3n) is 17.3. The first-order valence-electron chi connectivity index (χ1n) is 30.1. The molecule has 0 saturated heterocycles. The van der Waals surface area contributed by atoms with Crippen LogP contribution in [0.15, 0.2) is 352 Å². The average molecular weight is 1120 g/mol. The Hall–Kier alpha value is -11.7. The summed E-state index contributed by atoms with van der Waals surface area (Å²) in [6.07, 6.45) is 0.